The van der Waals surface area contributed by atoms with Gasteiger partial charge < -0.3 is 14.8 Å². The van der Waals surface area contributed by atoms with Crippen LogP contribution in [0.25, 0.3) is 0 Å². The molecule has 0 aromatic heterocycles. The van der Waals surface area contributed by atoms with Gasteiger partial charge in [-0.25, -0.2) is 9.59 Å². The maximum Gasteiger partial charge on any atom is 0.407 e. The molecule has 0 bridgehead atoms. The van der Waals surface area contributed by atoms with E-state index in [1.807, 2.05) is 0 Å². The average Bonchev–Trinajstić information content (AvgIpc) is 2.13. The molecule has 0 fully saturated rings. The Morgan fingerprint density at radius 1 is 1.33 bits per heavy atom. The van der Waals surface area contributed by atoms with E-state index in [0.717, 1.165) is 5.57 Å². The van der Waals surface area contributed by atoms with E-state index in [0.29, 0.717) is 6.42 Å². The van der Waals surface area contributed by atoms with E-state index < -0.39 is 23.7 Å². The number of nitrogens with one attached hydrogen (secondary N) is 1. The fourth-order valence-corrected chi connectivity index (χ4v) is 1.23. The smallest absolute Gasteiger partial charge is 0.407 e. The van der Waals surface area contributed by atoms with Gasteiger partial charge in [-0.05, 0) is 41.0 Å². The number of hydrogen-bond acceptors (Lipinski definition) is 4. The quantitative estimate of drug-likeness (QED) is 0.606. The zero-order valence-corrected chi connectivity index (χ0v) is 11.8. The van der Waals surface area contributed by atoms with Gasteiger partial charge in [-0.3, -0.25) is 0 Å². The van der Waals surface area contributed by atoms with Gasteiger partial charge in [-0.2, -0.15) is 0 Å². The van der Waals surface area contributed by atoms with Gasteiger partial charge in [0.2, 0.25) is 0 Å². The molecule has 0 spiro atoms. The van der Waals surface area contributed by atoms with E-state index >= 15 is 0 Å². The summed E-state index contributed by atoms with van der Waals surface area (Å²) >= 11 is 0. The predicted octanol–water partition coefficient (Wildman–Crippen LogP) is 2.41. The third-order valence-corrected chi connectivity index (χ3v) is 1.81. The van der Waals surface area contributed by atoms with Crippen LogP contribution in [0.3, 0.4) is 0 Å². The van der Waals surface area contributed by atoms with Crippen molar-refractivity contribution in [2.75, 3.05) is 6.61 Å². The molecule has 0 radical (unpaired) electrons. The summed E-state index contributed by atoms with van der Waals surface area (Å²) in [5, 5.41) is 2.48. The van der Waals surface area contributed by atoms with Gasteiger partial charge in [0, 0.05) is 0 Å². The molecule has 1 N–H and O–H groups in total. The van der Waals surface area contributed by atoms with Crippen molar-refractivity contribution in [3.63, 3.8) is 0 Å². The number of esters is 1. The molecular weight excluding hydrogens is 234 g/mol. The van der Waals surface area contributed by atoms with Gasteiger partial charge in [0.15, 0.2) is 0 Å². The lowest BCUT2D eigenvalue weighted by Crippen LogP contribution is -2.44. The van der Waals surface area contributed by atoms with Crippen LogP contribution in [0.15, 0.2) is 12.2 Å². The van der Waals surface area contributed by atoms with Crippen molar-refractivity contribution in [3.8, 4) is 0 Å². The Morgan fingerprint density at radius 2 is 1.89 bits per heavy atom. The van der Waals surface area contributed by atoms with Crippen molar-refractivity contribution >= 4 is 12.1 Å². The standard InChI is InChI=1S/C13H23NO4/c1-7-17-12(16)14-10(8-9(2)3)11(15)18-13(4,5)6/h10H,2,7-8H2,1,3-6H3,(H,14,16)/t10-/m0/s1. The molecule has 0 aliphatic carbocycles. The number of ether oxygens (including phenoxy) is 2. The molecule has 5 heteroatoms. The summed E-state index contributed by atoms with van der Waals surface area (Å²) in [5.74, 6) is -0.487. The molecule has 18 heavy (non-hydrogen) atoms. The molecule has 1 atom stereocenters. The molecule has 1 amide bonds. The average molecular weight is 257 g/mol. The largest absolute Gasteiger partial charge is 0.458 e. The van der Waals surface area contributed by atoms with Crippen LogP contribution < -0.4 is 5.32 Å². The predicted molar refractivity (Wildman–Crippen MR) is 69.2 cm³/mol. The molecule has 0 aliphatic heterocycles. The Balaban J connectivity index is 4.62. The fourth-order valence-electron chi connectivity index (χ4n) is 1.23. The number of carbonyl (C=O) groups excluding carboxylic acids is 2. The van der Waals surface area contributed by atoms with Gasteiger partial charge >= 0.3 is 12.1 Å². The summed E-state index contributed by atoms with van der Waals surface area (Å²) in [6.07, 6.45) is -0.303. The van der Waals surface area contributed by atoms with Crippen molar-refractivity contribution in [2.24, 2.45) is 0 Å². The Hall–Kier alpha value is -1.52. The first-order valence-corrected chi connectivity index (χ1v) is 5.96. The van der Waals surface area contributed by atoms with Gasteiger partial charge in [-0.1, -0.05) is 5.57 Å². The normalized spacial score (nSPS) is 12.5. The molecule has 0 saturated heterocycles. The van der Waals surface area contributed by atoms with E-state index in [-0.39, 0.29) is 6.61 Å². The van der Waals surface area contributed by atoms with Gasteiger partial charge in [0.1, 0.15) is 11.6 Å². The van der Waals surface area contributed by atoms with E-state index in [2.05, 4.69) is 11.9 Å². The summed E-state index contributed by atoms with van der Waals surface area (Å²) in [6, 6.07) is -0.763. The highest BCUT2D eigenvalue weighted by atomic mass is 16.6. The van der Waals surface area contributed by atoms with Gasteiger partial charge in [0.05, 0.1) is 6.61 Å². The molecule has 0 aromatic rings. The lowest BCUT2D eigenvalue weighted by atomic mass is 10.1. The summed E-state index contributed by atoms with van der Waals surface area (Å²) in [5.41, 5.74) is 0.184. The Morgan fingerprint density at radius 3 is 2.28 bits per heavy atom. The van der Waals surface area contributed by atoms with Crippen molar-refractivity contribution in [2.45, 2.75) is 52.7 Å². The molecule has 0 heterocycles. The monoisotopic (exact) mass is 257 g/mol. The first-order valence-electron chi connectivity index (χ1n) is 5.96. The van der Waals surface area contributed by atoms with Crippen LogP contribution in [-0.4, -0.2) is 30.3 Å². The minimum atomic E-state index is -0.763. The lowest BCUT2D eigenvalue weighted by Gasteiger charge is -2.24. The van der Waals surface area contributed by atoms with Crippen LogP contribution in [0.5, 0.6) is 0 Å². The van der Waals surface area contributed by atoms with E-state index in [1.165, 1.54) is 0 Å². The summed E-state index contributed by atoms with van der Waals surface area (Å²) in [4.78, 5) is 23.2. The summed E-state index contributed by atoms with van der Waals surface area (Å²) in [7, 11) is 0. The minimum absolute atomic E-state index is 0.250. The topological polar surface area (TPSA) is 64.6 Å². The maximum atomic E-state index is 11.9. The summed E-state index contributed by atoms with van der Waals surface area (Å²) in [6.45, 7) is 12.8. The SMILES string of the molecule is C=C(C)C[C@H](NC(=O)OCC)C(=O)OC(C)(C)C. The van der Waals surface area contributed by atoms with Gasteiger partial charge in [-0.15, -0.1) is 6.58 Å². The van der Waals surface area contributed by atoms with E-state index in [4.69, 9.17) is 9.47 Å². The highest BCUT2D eigenvalue weighted by Crippen LogP contribution is 2.12. The number of carbonyl (C=O) groups is 2. The van der Waals surface area contributed by atoms with Crippen molar-refractivity contribution in [1.29, 1.82) is 0 Å². The second kappa shape index (κ2) is 7.03. The van der Waals surface area contributed by atoms with Crippen LogP contribution in [0.4, 0.5) is 4.79 Å². The van der Waals surface area contributed by atoms with Crippen LogP contribution >= 0.6 is 0 Å². The Labute approximate surface area is 109 Å². The number of hydrogen-bond donors (Lipinski definition) is 1. The molecule has 5 nitrogen and oxygen atoms in total. The Kier molecular flexibility index (Phi) is 6.44. The van der Waals surface area contributed by atoms with Gasteiger partial charge in [0.25, 0.3) is 0 Å². The number of alkyl carbamates (subject to hydrolysis) is 1. The molecular formula is C13H23NO4. The van der Waals surface area contributed by atoms with Crippen LogP contribution in [0.2, 0.25) is 0 Å². The first-order chi connectivity index (χ1) is 8.15. The maximum absolute atomic E-state index is 11.9. The lowest BCUT2D eigenvalue weighted by molar-refractivity contribution is -0.157. The molecule has 0 aromatic carbocycles. The van der Waals surface area contributed by atoms with Crippen LogP contribution in [0, 0.1) is 0 Å². The highest BCUT2D eigenvalue weighted by Gasteiger charge is 2.26. The zero-order chi connectivity index (χ0) is 14.3. The first kappa shape index (κ1) is 16.5. The van der Waals surface area contributed by atoms with E-state index in [9.17, 15) is 9.59 Å². The minimum Gasteiger partial charge on any atom is -0.458 e. The second-order valence-electron chi connectivity index (χ2n) is 5.11. The Bertz CT molecular complexity index is 317. The van der Waals surface area contributed by atoms with Crippen molar-refractivity contribution in [3.05, 3.63) is 12.2 Å². The zero-order valence-electron chi connectivity index (χ0n) is 11.8. The molecule has 0 saturated carbocycles. The third kappa shape index (κ3) is 7.70. The highest BCUT2D eigenvalue weighted by molar-refractivity contribution is 5.81. The van der Waals surface area contributed by atoms with E-state index in [1.54, 1.807) is 34.6 Å². The summed E-state index contributed by atoms with van der Waals surface area (Å²) < 4.78 is 9.98. The van der Waals surface area contributed by atoms with Crippen molar-refractivity contribution < 1.29 is 19.1 Å². The molecule has 0 rings (SSSR count). The van der Waals surface area contributed by atoms with Crippen molar-refractivity contribution in [1.82, 2.24) is 5.32 Å². The molecule has 0 unspecified atom stereocenters. The number of amides is 1. The molecule has 0 aliphatic rings. The van der Waals surface area contributed by atoms with Crippen LogP contribution in [0.1, 0.15) is 41.0 Å². The third-order valence-electron chi connectivity index (χ3n) is 1.81. The fraction of sp³-hybridized carbons (Fsp3) is 0.692. The number of rotatable bonds is 5. The molecule has 104 valence electrons. The second-order valence-corrected chi connectivity index (χ2v) is 5.11. The van der Waals surface area contributed by atoms with Crippen LogP contribution in [-0.2, 0) is 14.3 Å².